The van der Waals surface area contributed by atoms with Crippen molar-refractivity contribution in [1.82, 2.24) is 10.2 Å². The Morgan fingerprint density at radius 2 is 2.42 bits per heavy atom. The maximum atomic E-state index is 12.1. The molecule has 1 aliphatic heterocycles. The van der Waals surface area contributed by atoms with E-state index in [1.54, 1.807) is 11.3 Å². The Kier molecular flexibility index (Phi) is 4.96. The highest BCUT2D eigenvalue weighted by Gasteiger charge is 2.24. The molecule has 0 spiro atoms. The maximum Gasteiger partial charge on any atom is 0.234 e. The highest BCUT2D eigenvalue weighted by Crippen LogP contribution is 2.25. The molecule has 1 amide bonds. The Hall–Kier alpha value is -0.910. The van der Waals surface area contributed by atoms with E-state index in [-0.39, 0.29) is 18.1 Å². The van der Waals surface area contributed by atoms with Crippen molar-refractivity contribution in [1.29, 1.82) is 0 Å². The van der Waals surface area contributed by atoms with Crippen LogP contribution < -0.4 is 5.32 Å². The lowest BCUT2D eigenvalue weighted by Gasteiger charge is -2.23. The third-order valence-electron chi connectivity index (χ3n) is 3.45. The van der Waals surface area contributed by atoms with Gasteiger partial charge in [-0.2, -0.15) is 0 Å². The Morgan fingerprint density at radius 1 is 1.63 bits per heavy atom. The molecule has 2 rings (SSSR count). The second kappa shape index (κ2) is 6.50. The van der Waals surface area contributed by atoms with Crippen molar-refractivity contribution >= 4 is 17.2 Å². The monoisotopic (exact) mass is 282 g/mol. The number of aliphatic hydroxyl groups is 1. The zero-order valence-corrected chi connectivity index (χ0v) is 12.3. The minimum atomic E-state index is -0.272. The van der Waals surface area contributed by atoms with Gasteiger partial charge in [-0.3, -0.25) is 9.69 Å². The maximum absolute atomic E-state index is 12.1. The minimum absolute atomic E-state index is 0.0428. The molecular formula is C14H22N2O2S. The van der Waals surface area contributed by atoms with E-state index < -0.39 is 0 Å². The Balaban J connectivity index is 1.89. The number of nitrogens with one attached hydrogen (secondary N) is 1. The molecule has 4 nitrogen and oxygen atoms in total. The van der Waals surface area contributed by atoms with Gasteiger partial charge in [-0.05, 0) is 23.8 Å². The summed E-state index contributed by atoms with van der Waals surface area (Å²) in [5, 5.41) is 14.6. The van der Waals surface area contributed by atoms with Gasteiger partial charge in [0.15, 0.2) is 0 Å². The van der Waals surface area contributed by atoms with Crippen LogP contribution in [-0.2, 0) is 4.79 Å². The molecule has 0 aromatic carbocycles. The molecule has 1 aromatic heterocycles. The normalized spacial score (nSPS) is 21.8. The fourth-order valence-corrected chi connectivity index (χ4v) is 3.36. The number of nitrogens with zero attached hydrogens (tertiary/aromatic N) is 1. The summed E-state index contributed by atoms with van der Waals surface area (Å²) >= 11 is 1.68. The molecule has 1 unspecified atom stereocenters. The zero-order chi connectivity index (χ0) is 13.8. The highest BCUT2D eigenvalue weighted by atomic mass is 32.1. The van der Waals surface area contributed by atoms with Crippen LogP contribution in [0.5, 0.6) is 0 Å². The van der Waals surface area contributed by atoms with Gasteiger partial charge in [0.05, 0.1) is 18.7 Å². The molecule has 1 fully saturated rings. The van der Waals surface area contributed by atoms with E-state index in [4.69, 9.17) is 0 Å². The number of carbonyl (C=O) groups is 1. The molecular weight excluding hydrogens is 260 g/mol. The van der Waals surface area contributed by atoms with Crippen molar-refractivity contribution in [2.24, 2.45) is 5.92 Å². The first-order valence-electron chi connectivity index (χ1n) is 6.79. The summed E-state index contributed by atoms with van der Waals surface area (Å²) in [7, 11) is 0. The molecule has 2 atom stereocenters. The summed E-state index contributed by atoms with van der Waals surface area (Å²) in [4.78, 5) is 15.3. The minimum Gasteiger partial charge on any atom is -0.392 e. The number of hydrogen-bond acceptors (Lipinski definition) is 4. The first-order chi connectivity index (χ1) is 9.06. The van der Waals surface area contributed by atoms with Gasteiger partial charge in [0.25, 0.3) is 0 Å². The predicted octanol–water partition coefficient (Wildman–Crippen LogP) is 1.63. The third kappa shape index (κ3) is 4.03. The number of carbonyl (C=O) groups excluding carboxylic acids is 1. The second-order valence-electron chi connectivity index (χ2n) is 5.48. The molecule has 0 bridgehead atoms. The smallest absolute Gasteiger partial charge is 0.234 e. The number of thiophene rings is 1. The third-order valence-corrected chi connectivity index (χ3v) is 4.40. The summed E-state index contributed by atoms with van der Waals surface area (Å²) in [5.74, 6) is 0.410. The molecule has 106 valence electrons. The van der Waals surface area contributed by atoms with Crippen LogP contribution in [0.2, 0.25) is 0 Å². The SMILES string of the molecule is CC(C)C(NC(=O)CN1CC[C@@H](O)C1)c1cccs1. The lowest BCUT2D eigenvalue weighted by molar-refractivity contribution is -0.123. The molecule has 0 radical (unpaired) electrons. The van der Waals surface area contributed by atoms with Crippen molar-refractivity contribution in [3.8, 4) is 0 Å². The fraction of sp³-hybridized carbons (Fsp3) is 0.643. The van der Waals surface area contributed by atoms with E-state index in [2.05, 4.69) is 25.2 Å². The van der Waals surface area contributed by atoms with Gasteiger partial charge < -0.3 is 10.4 Å². The van der Waals surface area contributed by atoms with Gasteiger partial charge in [0, 0.05) is 18.0 Å². The lowest BCUT2D eigenvalue weighted by atomic mass is 10.0. The first kappa shape index (κ1) is 14.5. The summed E-state index contributed by atoms with van der Waals surface area (Å²) < 4.78 is 0. The van der Waals surface area contributed by atoms with E-state index >= 15 is 0 Å². The van der Waals surface area contributed by atoms with E-state index in [9.17, 15) is 9.90 Å². The number of β-amino-alcohol motifs (C(OH)–C–C–N with tert-alkyl or cyclic N) is 1. The number of aliphatic hydroxyl groups excluding tert-OH is 1. The van der Waals surface area contributed by atoms with E-state index in [0.717, 1.165) is 13.0 Å². The molecule has 0 aliphatic carbocycles. The molecule has 19 heavy (non-hydrogen) atoms. The first-order valence-corrected chi connectivity index (χ1v) is 7.67. The average molecular weight is 282 g/mol. The number of hydrogen-bond donors (Lipinski definition) is 2. The van der Waals surface area contributed by atoms with Crippen LogP contribution >= 0.6 is 11.3 Å². The molecule has 5 heteroatoms. The number of likely N-dealkylation sites (tertiary alicyclic amines) is 1. The molecule has 2 N–H and O–H groups in total. The standard InChI is InChI=1S/C14H22N2O2S/c1-10(2)14(12-4-3-7-19-12)15-13(18)9-16-6-5-11(17)8-16/h3-4,7,10-11,14,17H,5-6,8-9H2,1-2H3,(H,15,18)/t11-,14?/m1/s1. The fourth-order valence-electron chi connectivity index (χ4n) is 2.41. The average Bonchev–Trinajstić information content (AvgIpc) is 2.97. The Bertz CT molecular complexity index is 406. The molecule has 0 saturated carbocycles. The van der Waals surface area contributed by atoms with Crippen molar-refractivity contribution in [2.45, 2.75) is 32.4 Å². The van der Waals surface area contributed by atoms with Crippen LogP contribution in [-0.4, -0.2) is 41.7 Å². The van der Waals surface area contributed by atoms with Crippen LogP contribution in [0.25, 0.3) is 0 Å². The van der Waals surface area contributed by atoms with Crippen molar-refractivity contribution in [2.75, 3.05) is 19.6 Å². The number of amides is 1. The van der Waals surface area contributed by atoms with Gasteiger partial charge in [0.1, 0.15) is 0 Å². The van der Waals surface area contributed by atoms with Crippen LogP contribution in [0.1, 0.15) is 31.2 Å². The van der Waals surface area contributed by atoms with E-state index in [0.29, 0.717) is 19.0 Å². The van der Waals surface area contributed by atoms with Crippen molar-refractivity contribution in [3.63, 3.8) is 0 Å². The largest absolute Gasteiger partial charge is 0.392 e. The van der Waals surface area contributed by atoms with Gasteiger partial charge in [-0.15, -0.1) is 11.3 Å². The summed E-state index contributed by atoms with van der Waals surface area (Å²) in [6, 6.07) is 4.16. The summed E-state index contributed by atoms with van der Waals surface area (Å²) in [6.07, 6.45) is 0.497. The number of rotatable bonds is 5. The zero-order valence-electron chi connectivity index (χ0n) is 11.5. The van der Waals surface area contributed by atoms with E-state index in [1.807, 2.05) is 16.3 Å². The van der Waals surface area contributed by atoms with Crippen LogP contribution in [0.4, 0.5) is 0 Å². The van der Waals surface area contributed by atoms with Crippen LogP contribution in [0.15, 0.2) is 17.5 Å². The molecule has 1 aromatic rings. The molecule has 2 heterocycles. The quantitative estimate of drug-likeness (QED) is 0.863. The van der Waals surface area contributed by atoms with Crippen LogP contribution in [0, 0.1) is 5.92 Å². The Morgan fingerprint density at radius 3 is 2.95 bits per heavy atom. The van der Waals surface area contributed by atoms with Crippen LogP contribution in [0.3, 0.4) is 0 Å². The second-order valence-corrected chi connectivity index (χ2v) is 6.46. The van der Waals surface area contributed by atoms with Gasteiger partial charge in [-0.1, -0.05) is 19.9 Å². The van der Waals surface area contributed by atoms with Crippen molar-refractivity contribution in [3.05, 3.63) is 22.4 Å². The Labute approximate surface area is 118 Å². The van der Waals surface area contributed by atoms with E-state index in [1.165, 1.54) is 4.88 Å². The van der Waals surface area contributed by atoms with Gasteiger partial charge in [0.2, 0.25) is 5.91 Å². The lowest BCUT2D eigenvalue weighted by Crippen LogP contribution is -2.39. The van der Waals surface area contributed by atoms with Gasteiger partial charge >= 0.3 is 0 Å². The van der Waals surface area contributed by atoms with Gasteiger partial charge in [-0.25, -0.2) is 0 Å². The topological polar surface area (TPSA) is 52.6 Å². The van der Waals surface area contributed by atoms with Crippen molar-refractivity contribution < 1.29 is 9.90 Å². The molecule has 1 aliphatic rings. The molecule has 1 saturated heterocycles. The summed E-state index contributed by atoms with van der Waals surface area (Å²) in [5.41, 5.74) is 0. The summed E-state index contributed by atoms with van der Waals surface area (Å²) in [6.45, 7) is 6.03. The highest BCUT2D eigenvalue weighted by molar-refractivity contribution is 7.10. The predicted molar refractivity (Wildman–Crippen MR) is 77.1 cm³/mol.